The second kappa shape index (κ2) is 5.21. The van der Waals surface area contributed by atoms with Gasteiger partial charge in [0.05, 0.1) is 0 Å². The molecule has 2 rings (SSSR count). The van der Waals surface area contributed by atoms with Crippen molar-refractivity contribution in [3.63, 3.8) is 0 Å². The molecule has 6 heteroatoms. The van der Waals surface area contributed by atoms with Crippen LogP contribution in [-0.4, -0.2) is 24.2 Å². The second-order valence-electron chi connectivity index (χ2n) is 4.66. The van der Waals surface area contributed by atoms with E-state index < -0.39 is 11.7 Å². The zero-order chi connectivity index (χ0) is 14.0. The largest absolute Gasteiger partial charge is 0.412 e. The maximum absolute atomic E-state index is 12.5. The van der Waals surface area contributed by atoms with Gasteiger partial charge in [0.25, 0.3) is 0 Å². The molecule has 0 spiro atoms. The van der Waals surface area contributed by atoms with Crippen LogP contribution >= 0.6 is 0 Å². The average molecular weight is 271 g/mol. The highest BCUT2D eigenvalue weighted by Crippen LogP contribution is 2.31. The van der Waals surface area contributed by atoms with Crippen molar-refractivity contribution in [2.45, 2.75) is 25.6 Å². The van der Waals surface area contributed by atoms with E-state index in [0.29, 0.717) is 12.4 Å². The van der Waals surface area contributed by atoms with Crippen LogP contribution in [0.1, 0.15) is 24.9 Å². The van der Waals surface area contributed by atoms with Gasteiger partial charge in [0.15, 0.2) is 0 Å². The molecule has 0 fully saturated rings. The van der Waals surface area contributed by atoms with E-state index in [1.165, 1.54) is 6.08 Å². The molecule has 0 aromatic carbocycles. The summed E-state index contributed by atoms with van der Waals surface area (Å²) < 4.78 is 37.5. The van der Waals surface area contributed by atoms with Crippen LogP contribution in [0, 0.1) is 0 Å². The minimum absolute atomic E-state index is 0.000221. The number of nitrogens with two attached hydrogens (primary N) is 1. The van der Waals surface area contributed by atoms with E-state index in [0.717, 1.165) is 5.56 Å². The van der Waals surface area contributed by atoms with Crippen LogP contribution < -0.4 is 10.6 Å². The fraction of sp³-hybridized carbons (Fsp3) is 0.462. The van der Waals surface area contributed by atoms with Gasteiger partial charge in [-0.05, 0) is 25.0 Å². The Balaban J connectivity index is 2.07. The Labute approximate surface area is 109 Å². The smallest absolute Gasteiger partial charge is 0.353 e. The van der Waals surface area contributed by atoms with E-state index in [2.05, 4.69) is 4.98 Å². The van der Waals surface area contributed by atoms with Gasteiger partial charge in [0.2, 0.25) is 0 Å². The van der Waals surface area contributed by atoms with Gasteiger partial charge in [-0.2, -0.15) is 13.2 Å². The number of anilines is 1. The third kappa shape index (κ3) is 3.26. The summed E-state index contributed by atoms with van der Waals surface area (Å²) in [6.45, 7) is 2.42. The molecule has 1 aromatic heterocycles. The Morgan fingerprint density at radius 2 is 2.11 bits per heavy atom. The van der Waals surface area contributed by atoms with Crippen molar-refractivity contribution in [3.05, 3.63) is 35.5 Å². The SMILES string of the molecule is C[C@@H](N)c1ccc(N2CC=C(C(F)(F)F)CC2)nc1. The van der Waals surface area contributed by atoms with Gasteiger partial charge in [-0.15, -0.1) is 0 Å². The molecule has 2 heterocycles. The summed E-state index contributed by atoms with van der Waals surface area (Å²) in [5.74, 6) is 0.682. The lowest BCUT2D eigenvalue weighted by Gasteiger charge is -2.28. The molecule has 0 amide bonds. The Morgan fingerprint density at radius 3 is 2.53 bits per heavy atom. The average Bonchev–Trinajstić information content (AvgIpc) is 2.38. The zero-order valence-electron chi connectivity index (χ0n) is 10.6. The topological polar surface area (TPSA) is 42.1 Å². The van der Waals surface area contributed by atoms with Gasteiger partial charge in [-0.3, -0.25) is 0 Å². The van der Waals surface area contributed by atoms with Crippen LogP contribution in [0.4, 0.5) is 19.0 Å². The van der Waals surface area contributed by atoms with Crippen LogP contribution in [0.3, 0.4) is 0 Å². The quantitative estimate of drug-likeness (QED) is 0.841. The molecule has 0 saturated carbocycles. The molecule has 1 aliphatic heterocycles. The predicted molar refractivity (Wildman–Crippen MR) is 67.8 cm³/mol. The molecule has 0 saturated heterocycles. The van der Waals surface area contributed by atoms with E-state index in [1.807, 2.05) is 17.9 Å². The van der Waals surface area contributed by atoms with Crippen molar-refractivity contribution >= 4 is 5.82 Å². The van der Waals surface area contributed by atoms with Crippen molar-refractivity contribution in [3.8, 4) is 0 Å². The zero-order valence-corrected chi connectivity index (χ0v) is 10.6. The lowest BCUT2D eigenvalue weighted by molar-refractivity contribution is -0.0944. The number of hydrogen-bond donors (Lipinski definition) is 1. The van der Waals surface area contributed by atoms with E-state index in [-0.39, 0.29) is 19.0 Å². The number of hydrogen-bond acceptors (Lipinski definition) is 3. The Bertz CT molecular complexity index is 463. The predicted octanol–water partition coefficient (Wildman–Crippen LogP) is 2.80. The summed E-state index contributed by atoms with van der Waals surface area (Å²) in [5.41, 5.74) is 6.18. The summed E-state index contributed by atoms with van der Waals surface area (Å²) in [4.78, 5) is 6.07. The maximum Gasteiger partial charge on any atom is 0.412 e. The molecule has 0 aliphatic carbocycles. The van der Waals surface area contributed by atoms with Crippen LogP contribution in [0.25, 0.3) is 0 Å². The number of aromatic nitrogens is 1. The van der Waals surface area contributed by atoms with E-state index in [1.54, 1.807) is 12.3 Å². The molecule has 2 N–H and O–H groups in total. The first-order chi connectivity index (χ1) is 8.88. The minimum atomic E-state index is -4.21. The molecule has 0 unspecified atom stereocenters. The standard InChI is InChI=1S/C13H16F3N3/c1-9(17)10-2-3-12(18-8-10)19-6-4-11(5-7-19)13(14,15)16/h2-4,8-9H,5-7,17H2,1H3/t9-/m1/s1. The van der Waals surface area contributed by atoms with Crippen molar-refractivity contribution in [2.75, 3.05) is 18.0 Å². The van der Waals surface area contributed by atoms with E-state index >= 15 is 0 Å². The molecule has 1 aliphatic rings. The molecular weight excluding hydrogens is 255 g/mol. The fourth-order valence-corrected chi connectivity index (χ4v) is 1.99. The van der Waals surface area contributed by atoms with Crippen LogP contribution in [0.5, 0.6) is 0 Å². The Morgan fingerprint density at radius 1 is 1.37 bits per heavy atom. The second-order valence-corrected chi connectivity index (χ2v) is 4.66. The summed E-state index contributed by atoms with van der Waals surface area (Å²) in [7, 11) is 0. The fourth-order valence-electron chi connectivity index (χ4n) is 1.99. The van der Waals surface area contributed by atoms with Crippen molar-refractivity contribution in [2.24, 2.45) is 5.73 Å². The third-order valence-electron chi connectivity index (χ3n) is 3.19. The number of rotatable bonds is 2. The number of nitrogens with zero attached hydrogens (tertiary/aromatic N) is 2. The van der Waals surface area contributed by atoms with E-state index in [9.17, 15) is 13.2 Å². The highest BCUT2D eigenvalue weighted by molar-refractivity contribution is 5.42. The highest BCUT2D eigenvalue weighted by atomic mass is 19.4. The molecule has 19 heavy (non-hydrogen) atoms. The minimum Gasteiger partial charge on any atom is -0.353 e. The molecular formula is C13H16F3N3. The molecule has 3 nitrogen and oxygen atoms in total. The third-order valence-corrected chi connectivity index (χ3v) is 3.19. The van der Waals surface area contributed by atoms with Crippen LogP contribution in [-0.2, 0) is 0 Å². The van der Waals surface area contributed by atoms with Crippen molar-refractivity contribution < 1.29 is 13.2 Å². The number of halogens is 3. The first kappa shape index (κ1) is 13.9. The Hall–Kier alpha value is -1.56. The van der Waals surface area contributed by atoms with Gasteiger partial charge in [-0.1, -0.05) is 12.1 Å². The van der Waals surface area contributed by atoms with Crippen molar-refractivity contribution in [1.82, 2.24) is 4.98 Å². The van der Waals surface area contributed by atoms with Gasteiger partial charge in [-0.25, -0.2) is 4.98 Å². The number of pyridine rings is 1. The molecule has 1 aromatic rings. The molecule has 0 radical (unpaired) electrons. The van der Waals surface area contributed by atoms with Crippen molar-refractivity contribution in [1.29, 1.82) is 0 Å². The summed E-state index contributed by atoms with van der Waals surface area (Å²) >= 11 is 0. The van der Waals surface area contributed by atoms with Gasteiger partial charge >= 0.3 is 6.18 Å². The van der Waals surface area contributed by atoms with Crippen LogP contribution in [0.15, 0.2) is 30.0 Å². The Kier molecular flexibility index (Phi) is 3.80. The first-order valence-electron chi connectivity index (χ1n) is 6.10. The molecule has 104 valence electrons. The maximum atomic E-state index is 12.5. The first-order valence-corrected chi connectivity index (χ1v) is 6.10. The molecule has 0 bridgehead atoms. The van der Waals surface area contributed by atoms with E-state index in [4.69, 9.17) is 5.73 Å². The highest BCUT2D eigenvalue weighted by Gasteiger charge is 2.34. The summed E-state index contributed by atoms with van der Waals surface area (Å²) in [6, 6.07) is 3.56. The van der Waals surface area contributed by atoms with Gasteiger partial charge < -0.3 is 10.6 Å². The molecule has 1 atom stereocenters. The monoisotopic (exact) mass is 271 g/mol. The van der Waals surface area contributed by atoms with Gasteiger partial charge in [0, 0.05) is 30.9 Å². The lowest BCUT2D eigenvalue weighted by atomic mass is 10.1. The summed E-state index contributed by atoms with van der Waals surface area (Å²) in [6.07, 6.45) is -1.31. The normalized spacial score (nSPS) is 18.2. The summed E-state index contributed by atoms with van der Waals surface area (Å²) in [5, 5.41) is 0. The van der Waals surface area contributed by atoms with Gasteiger partial charge in [0.1, 0.15) is 5.82 Å². The van der Waals surface area contributed by atoms with Crippen LogP contribution in [0.2, 0.25) is 0 Å². The number of alkyl halides is 3. The lowest BCUT2D eigenvalue weighted by Crippen LogP contribution is -2.32.